The van der Waals surface area contributed by atoms with E-state index in [0.29, 0.717) is 38.6 Å². The van der Waals surface area contributed by atoms with E-state index in [-0.39, 0.29) is 30.0 Å². The molecule has 0 radical (unpaired) electrons. The van der Waals surface area contributed by atoms with Gasteiger partial charge in [-0.15, -0.1) is 0 Å². The van der Waals surface area contributed by atoms with Crippen LogP contribution in [-0.4, -0.2) is 62.2 Å². The zero-order valence-electron chi connectivity index (χ0n) is 14.8. The number of hydrogen-bond acceptors (Lipinski definition) is 6. The second kappa shape index (κ2) is 10.8. The quantitative estimate of drug-likeness (QED) is 0.605. The van der Waals surface area contributed by atoms with Gasteiger partial charge in [0.25, 0.3) is 5.91 Å². The summed E-state index contributed by atoms with van der Waals surface area (Å²) in [6.45, 7) is 5.87. The van der Waals surface area contributed by atoms with E-state index in [2.05, 4.69) is 10.3 Å². The van der Waals surface area contributed by atoms with Gasteiger partial charge < -0.3 is 24.1 Å². The molecule has 0 aliphatic carbocycles. The zero-order valence-corrected chi connectivity index (χ0v) is 14.8. The molecule has 0 atom stereocenters. The van der Waals surface area contributed by atoms with Gasteiger partial charge in [0.05, 0.1) is 19.8 Å². The van der Waals surface area contributed by atoms with Gasteiger partial charge in [-0.1, -0.05) is 13.8 Å². The van der Waals surface area contributed by atoms with Gasteiger partial charge >= 0.3 is 0 Å². The Balaban J connectivity index is 2.66. The van der Waals surface area contributed by atoms with Gasteiger partial charge in [-0.25, -0.2) is 4.98 Å². The summed E-state index contributed by atoms with van der Waals surface area (Å²) in [5.74, 6) is 0.250. The molecule has 0 saturated heterocycles. The molecule has 0 aromatic carbocycles. The van der Waals surface area contributed by atoms with Crippen LogP contribution in [0, 0.1) is 5.92 Å². The fourth-order valence-electron chi connectivity index (χ4n) is 1.98. The third-order valence-corrected chi connectivity index (χ3v) is 3.20. The van der Waals surface area contributed by atoms with Gasteiger partial charge in [0.1, 0.15) is 6.26 Å². The van der Waals surface area contributed by atoms with E-state index in [9.17, 15) is 9.59 Å². The monoisotopic (exact) mass is 341 g/mol. The highest BCUT2D eigenvalue weighted by Gasteiger charge is 2.19. The Bertz CT molecular complexity index is 516. The number of aromatic nitrogens is 1. The van der Waals surface area contributed by atoms with Crippen LogP contribution >= 0.6 is 0 Å². The number of oxazole rings is 1. The number of methoxy groups -OCH3 is 2. The fourth-order valence-corrected chi connectivity index (χ4v) is 1.98. The number of hydrogen-bond donors (Lipinski definition) is 1. The lowest BCUT2D eigenvalue weighted by Gasteiger charge is -2.21. The van der Waals surface area contributed by atoms with Crippen LogP contribution in [0.15, 0.2) is 10.7 Å². The average Bonchev–Trinajstić information content (AvgIpc) is 2.99. The van der Waals surface area contributed by atoms with Gasteiger partial charge in [-0.05, 0) is 5.92 Å². The third-order valence-electron chi connectivity index (χ3n) is 3.20. The Morgan fingerprint density at radius 3 is 2.62 bits per heavy atom. The molecule has 1 rings (SSSR count). The van der Waals surface area contributed by atoms with Crippen molar-refractivity contribution in [2.24, 2.45) is 5.92 Å². The number of nitrogens with zero attached hydrogens (tertiary/aromatic N) is 2. The molecule has 0 aliphatic heterocycles. The second-order valence-corrected chi connectivity index (χ2v) is 5.78. The van der Waals surface area contributed by atoms with Crippen molar-refractivity contribution in [1.82, 2.24) is 15.2 Å². The molecule has 1 heterocycles. The fraction of sp³-hybridized carbons (Fsp3) is 0.688. The molecule has 0 saturated carbocycles. The summed E-state index contributed by atoms with van der Waals surface area (Å²) in [4.78, 5) is 29.9. The highest BCUT2D eigenvalue weighted by Crippen LogP contribution is 2.10. The number of rotatable bonds is 11. The van der Waals surface area contributed by atoms with Crippen LogP contribution in [0.1, 0.15) is 36.6 Å². The Morgan fingerprint density at radius 1 is 1.29 bits per heavy atom. The van der Waals surface area contributed by atoms with E-state index < -0.39 is 0 Å². The van der Waals surface area contributed by atoms with Crippen molar-refractivity contribution >= 4 is 11.8 Å². The van der Waals surface area contributed by atoms with Crippen molar-refractivity contribution in [2.45, 2.75) is 26.8 Å². The Hall–Kier alpha value is -1.93. The molecule has 0 unspecified atom stereocenters. The first kappa shape index (κ1) is 20.1. The first-order valence-electron chi connectivity index (χ1n) is 7.96. The van der Waals surface area contributed by atoms with E-state index in [4.69, 9.17) is 13.9 Å². The van der Waals surface area contributed by atoms with Crippen LogP contribution in [0.5, 0.6) is 0 Å². The second-order valence-electron chi connectivity index (χ2n) is 5.78. The summed E-state index contributed by atoms with van der Waals surface area (Å²) < 4.78 is 15.2. The summed E-state index contributed by atoms with van der Waals surface area (Å²) in [7, 11) is 3.14. The minimum atomic E-state index is -0.334. The van der Waals surface area contributed by atoms with Crippen LogP contribution < -0.4 is 5.32 Å². The molecule has 0 fully saturated rings. The summed E-state index contributed by atoms with van der Waals surface area (Å²) in [5.41, 5.74) is 0.184. The van der Waals surface area contributed by atoms with E-state index in [1.54, 1.807) is 19.1 Å². The standard InChI is InChI=1S/C16H27N3O5/c1-12(2)9-15(20)19(6-8-23-4)10-14-18-13(11-24-14)16(21)17-5-7-22-3/h11-12H,5-10H2,1-4H3,(H,17,21). The molecule has 2 amide bonds. The minimum Gasteiger partial charge on any atom is -0.446 e. The minimum absolute atomic E-state index is 0.00588. The summed E-state index contributed by atoms with van der Waals surface area (Å²) in [6, 6.07) is 0. The number of ether oxygens (including phenoxy) is 2. The topological polar surface area (TPSA) is 93.9 Å². The zero-order chi connectivity index (χ0) is 17.9. The molecule has 8 nitrogen and oxygen atoms in total. The van der Waals surface area contributed by atoms with Crippen LogP contribution in [0.25, 0.3) is 0 Å². The van der Waals surface area contributed by atoms with Gasteiger partial charge in [0.15, 0.2) is 5.69 Å². The highest BCUT2D eigenvalue weighted by molar-refractivity contribution is 5.91. The Labute approximate surface area is 142 Å². The first-order valence-corrected chi connectivity index (χ1v) is 7.96. The smallest absolute Gasteiger partial charge is 0.273 e. The number of amides is 2. The van der Waals surface area contributed by atoms with Crippen molar-refractivity contribution in [1.29, 1.82) is 0 Å². The van der Waals surface area contributed by atoms with Crippen molar-refractivity contribution < 1.29 is 23.5 Å². The number of nitrogens with one attached hydrogen (secondary N) is 1. The molecule has 0 aliphatic rings. The molecule has 1 aromatic heterocycles. The molecule has 24 heavy (non-hydrogen) atoms. The molecule has 0 spiro atoms. The van der Waals surface area contributed by atoms with Crippen LogP contribution in [0.3, 0.4) is 0 Å². The van der Waals surface area contributed by atoms with E-state index >= 15 is 0 Å². The summed E-state index contributed by atoms with van der Waals surface area (Å²) in [5, 5.41) is 2.66. The number of carbonyl (C=O) groups excluding carboxylic acids is 2. The Morgan fingerprint density at radius 2 is 2.00 bits per heavy atom. The van der Waals surface area contributed by atoms with Gasteiger partial charge in [0.2, 0.25) is 11.8 Å². The molecule has 1 aromatic rings. The average molecular weight is 341 g/mol. The first-order chi connectivity index (χ1) is 11.5. The van der Waals surface area contributed by atoms with Crippen LogP contribution in [-0.2, 0) is 20.8 Å². The normalized spacial score (nSPS) is 10.9. The molecular formula is C16H27N3O5. The molecule has 136 valence electrons. The SMILES string of the molecule is COCCNC(=O)c1coc(CN(CCOC)C(=O)CC(C)C)n1. The maximum atomic E-state index is 12.3. The van der Waals surface area contributed by atoms with Crippen molar-refractivity contribution in [3.05, 3.63) is 17.8 Å². The lowest BCUT2D eigenvalue weighted by atomic mass is 10.1. The van der Waals surface area contributed by atoms with Gasteiger partial charge in [0, 0.05) is 33.7 Å². The number of carbonyl (C=O) groups is 2. The molecule has 1 N–H and O–H groups in total. The Kier molecular flexibility index (Phi) is 9.03. The van der Waals surface area contributed by atoms with Crippen molar-refractivity contribution in [2.75, 3.05) is 40.5 Å². The summed E-state index contributed by atoms with van der Waals surface area (Å²) >= 11 is 0. The highest BCUT2D eigenvalue weighted by atomic mass is 16.5. The van der Waals surface area contributed by atoms with Gasteiger partial charge in [-0.2, -0.15) is 0 Å². The molecule has 8 heteroatoms. The van der Waals surface area contributed by atoms with E-state index in [1.165, 1.54) is 6.26 Å². The third kappa shape index (κ3) is 7.10. The largest absolute Gasteiger partial charge is 0.446 e. The van der Waals surface area contributed by atoms with Crippen molar-refractivity contribution in [3.8, 4) is 0 Å². The lowest BCUT2D eigenvalue weighted by Crippen LogP contribution is -2.34. The maximum absolute atomic E-state index is 12.3. The predicted molar refractivity (Wildman–Crippen MR) is 87.5 cm³/mol. The van der Waals surface area contributed by atoms with E-state index in [1.807, 2.05) is 13.8 Å². The molecular weight excluding hydrogens is 314 g/mol. The van der Waals surface area contributed by atoms with E-state index in [0.717, 1.165) is 0 Å². The van der Waals surface area contributed by atoms with Crippen molar-refractivity contribution in [3.63, 3.8) is 0 Å². The van der Waals surface area contributed by atoms with Gasteiger partial charge in [-0.3, -0.25) is 9.59 Å². The predicted octanol–water partition coefficient (Wildman–Crippen LogP) is 1.07. The lowest BCUT2D eigenvalue weighted by molar-refractivity contribution is -0.133. The van der Waals surface area contributed by atoms with Crippen LogP contribution in [0.2, 0.25) is 0 Å². The summed E-state index contributed by atoms with van der Waals surface area (Å²) in [6.07, 6.45) is 1.73. The maximum Gasteiger partial charge on any atom is 0.273 e. The van der Waals surface area contributed by atoms with Crippen LogP contribution in [0.4, 0.5) is 0 Å². The molecule has 0 bridgehead atoms.